The van der Waals surface area contributed by atoms with Crippen molar-refractivity contribution in [3.63, 3.8) is 0 Å². The monoisotopic (exact) mass is 238 g/mol. The molecule has 1 aromatic carbocycles. The van der Waals surface area contributed by atoms with E-state index in [4.69, 9.17) is 20.9 Å². The summed E-state index contributed by atoms with van der Waals surface area (Å²) < 4.78 is 10.3. The van der Waals surface area contributed by atoms with E-state index in [1.54, 1.807) is 39.0 Å². The van der Waals surface area contributed by atoms with Crippen molar-refractivity contribution < 1.29 is 14.3 Å². The van der Waals surface area contributed by atoms with Gasteiger partial charge in [-0.2, -0.15) is 0 Å². The summed E-state index contributed by atoms with van der Waals surface area (Å²) in [7, 11) is 0. The van der Waals surface area contributed by atoms with Crippen LogP contribution in [-0.2, 0) is 9.53 Å². The molecule has 94 valence electrons. The van der Waals surface area contributed by atoms with Crippen LogP contribution in [0.3, 0.4) is 0 Å². The number of hydrogen-bond donors (Lipinski definition) is 2. The molecule has 5 nitrogen and oxygen atoms in total. The first-order valence-electron chi connectivity index (χ1n) is 5.27. The Balaban J connectivity index is 2.50. The van der Waals surface area contributed by atoms with Gasteiger partial charge in [0.05, 0.1) is 11.4 Å². The number of ether oxygens (including phenoxy) is 2. The van der Waals surface area contributed by atoms with Crippen LogP contribution in [0.15, 0.2) is 18.2 Å². The molecule has 0 bridgehead atoms. The fraction of sp³-hybridized carbons (Fsp3) is 0.417. The van der Waals surface area contributed by atoms with Crippen molar-refractivity contribution in [2.75, 3.05) is 18.1 Å². The van der Waals surface area contributed by atoms with Gasteiger partial charge < -0.3 is 20.9 Å². The highest BCUT2D eigenvalue weighted by atomic mass is 16.6. The standard InChI is InChI=1S/C12H18N2O3/c1-12(2,3)17-11(15)7-16-8-4-5-9(13)10(14)6-8/h4-6H,7,13-14H2,1-3H3. The van der Waals surface area contributed by atoms with E-state index in [1.165, 1.54) is 0 Å². The van der Waals surface area contributed by atoms with E-state index in [0.29, 0.717) is 17.1 Å². The number of anilines is 2. The zero-order valence-electron chi connectivity index (χ0n) is 10.3. The van der Waals surface area contributed by atoms with Gasteiger partial charge in [-0.15, -0.1) is 0 Å². The summed E-state index contributed by atoms with van der Waals surface area (Å²) in [5.74, 6) is 0.0652. The van der Waals surface area contributed by atoms with Crippen LogP contribution in [0.5, 0.6) is 5.75 Å². The summed E-state index contributed by atoms with van der Waals surface area (Å²) in [6.07, 6.45) is 0. The van der Waals surface area contributed by atoms with E-state index in [1.807, 2.05) is 0 Å². The topological polar surface area (TPSA) is 87.6 Å². The Morgan fingerprint density at radius 3 is 2.41 bits per heavy atom. The maximum atomic E-state index is 11.4. The van der Waals surface area contributed by atoms with Gasteiger partial charge in [-0.05, 0) is 32.9 Å². The highest BCUT2D eigenvalue weighted by Gasteiger charge is 2.16. The van der Waals surface area contributed by atoms with Crippen molar-refractivity contribution in [1.82, 2.24) is 0 Å². The van der Waals surface area contributed by atoms with Gasteiger partial charge in [0.2, 0.25) is 0 Å². The van der Waals surface area contributed by atoms with Crippen molar-refractivity contribution in [3.05, 3.63) is 18.2 Å². The van der Waals surface area contributed by atoms with Crippen molar-refractivity contribution in [3.8, 4) is 5.75 Å². The summed E-state index contributed by atoms with van der Waals surface area (Å²) in [4.78, 5) is 11.4. The molecule has 1 rings (SSSR count). The number of nitrogens with two attached hydrogens (primary N) is 2. The van der Waals surface area contributed by atoms with E-state index in [-0.39, 0.29) is 6.61 Å². The largest absolute Gasteiger partial charge is 0.482 e. The average Bonchev–Trinajstić information content (AvgIpc) is 2.17. The molecular weight excluding hydrogens is 220 g/mol. The smallest absolute Gasteiger partial charge is 0.344 e. The SMILES string of the molecule is CC(C)(C)OC(=O)COc1ccc(N)c(N)c1. The molecule has 0 aliphatic rings. The molecule has 0 unspecified atom stereocenters. The van der Waals surface area contributed by atoms with Gasteiger partial charge in [0, 0.05) is 6.07 Å². The van der Waals surface area contributed by atoms with E-state index in [9.17, 15) is 4.79 Å². The molecule has 0 spiro atoms. The van der Waals surface area contributed by atoms with Crippen LogP contribution in [0.1, 0.15) is 20.8 Å². The first-order chi connectivity index (χ1) is 7.78. The molecule has 17 heavy (non-hydrogen) atoms. The zero-order chi connectivity index (χ0) is 13.1. The summed E-state index contributed by atoms with van der Waals surface area (Å²) in [6, 6.07) is 4.84. The summed E-state index contributed by atoms with van der Waals surface area (Å²) in [6.45, 7) is 5.24. The van der Waals surface area contributed by atoms with Gasteiger partial charge in [0.15, 0.2) is 6.61 Å². The Kier molecular flexibility index (Phi) is 3.83. The summed E-state index contributed by atoms with van der Waals surface area (Å²) in [5, 5.41) is 0. The first-order valence-corrected chi connectivity index (χ1v) is 5.27. The molecular formula is C12H18N2O3. The second-order valence-electron chi connectivity index (χ2n) is 4.67. The molecule has 1 aromatic rings. The Morgan fingerprint density at radius 1 is 1.24 bits per heavy atom. The van der Waals surface area contributed by atoms with Crippen LogP contribution < -0.4 is 16.2 Å². The highest BCUT2D eigenvalue weighted by molar-refractivity contribution is 5.72. The van der Waals surface area contributed by atoms with Crippen molar-refractivity contribution in [1.29, 1.82) is 0 Å². The van der Waals surface area contributed by atoms with Crippen LogP contribution in [0.4, 0.5) is 11.4 Å². The summed E-state index contributed by atoms with van der Waals surface area (Å²) >= 11 is 0. The third kappa shape index (κ3) is 4.63. The van der Waals surface area contributed by atoms with Crippen LogP contribution in [0.25, 0.3) is 0 Å². The van der Waals surface area contributed by atoms with Crippen LogP contribution >= 0.6 is 0 Å². The number of carbonyl (C=O) groups excluding carboxylic acids is 1. The van der Waals surface area contributed by atoms with Gasteiger partial charge in [-0.25, -0.2) is 4.79 Å². The maximum absolute atomic E-state index is 11.4. The lowest BCUT2D eigenvalue weighted by Crippen LogP contribution is -2.27. The number of nitrogen functional groups attached to an aromatic ring is 2. The Morgan fingerprint density at radius 2 is 1.88 bits per heavy atom. The Bertz CT molecular complexity index is 411. The Hall–Kier alpha value is -1.91. The van der Waals surface area contributed by atoms with Crippen molar-refractivity contribution in [2.45, 2.75) is 26.4 Å². The third-order valence-corrected chi connectivity index (χ3v) is 1.83. The second-order valence-corrected chi connectivity index (χ2v) is 4.67. The maximum Gasteiger partial charge on any atom is 0.344 e. The fourth-order valence-electron chi connectivity index (χ4n) is 1.16. The van der Waals surface area contributed by atoms with E-state index in [0.717, 1.165) is 0 Å². The van der Waals surface area contributed by atoms with Gasteiger partial charge in [-0.3, -0.25) is 0 Å². The lowest BCUT2D eigenvalue weighted by Gasteiger charge is -2.19. The molecule has 0 radical (unpaired) electrons. The minimum absolute atomic E-state index is 0.152. The molecule has 0 aromatic heterocycles. The zero-order valence-corrected chi connectivity index (χ0v) is 10.3. The van der Waals surface area contributed by atoms with Gasteiger partial charge in [-0.1, -0.05) is 0 Å². The van der Waals surface area contributed by atoms with Crippen LogP contribution in [-0.4, -0.2) is 18.2 Å². The molecule has 0 aliphatic heterocycles. The number of esters is 1. The molecule has 5 heteroatoms. The lowest BCUT2D eigenvalue weighted by atomic mass is 10.2. The predicted octanol–water partition coefficient (Wildman–Crippen LogP) is 1.57. The lowest BCUT2D eigenvalue weighted by molar-refractivity contribution is -0.157. The van der Waals surface area contributed by atoms with Crippen LogP contribution in [0.2, 0.25) is 0 Å². The molecule has 0 saturated heterocycles. The molecule has 0 fully saturated rings. The minimum atomic E-state index is -0.513. The second kappa shape index (κ2) is 4.95. The highest BCUT2D eigenvalue weighted by Crippen LogP contribution is 2.21. The van der Waals surface area contributed by atoms with Crippen molar-refractivity contribution in [2.24, 2.45) is 0 Å². The number of hydrogen-bond acceptors (Lipinski definition) is 5. The number of carbonyl (C=O) groups is 1. The normalized spacial score (nSPS) is 11.0. The predicted molar refractivity (Wildman–Crippen MR) is 66.6 cm³/mol. The van der Waals surface area contributed by atoms with Gasteiger partial charge in [0.1, 0.15) is 11.4 Å². The molecule has 0 atom stereocenters. The minimum Gasteiger partial charge on any atom is -0.482 e. The molecule has 0 saturated carbocycles. The molecule has 0 amide bonds. The number of benzene rings is 1. The van der Waals surface area contributed by atoms with Crippen molar-refractivity contribution >= 4 is 17.3 Å². The Labute approximate surface area is 101 Å². The third-order valence-electron chi connectivity index (χ3n) is 1.83. The van der Waals surface area contributed by atoms with E-state index in [2.05, 4.69) is 0 Å². The van der Waals surface area contributed by atoms with Crippen LogP contribution in [0, 0.1) is 0 Å². The quantitative estimate of drug-likeness (QED) is 0.616. The first kappa shape index (κ1) is 13.2. The van der Waals surface area contributed by atoms with E-state index < -0.39 is 11.6 Å². The van der Waals surface area contributed by atoms with E-state index >= 15 is 0 Å². The molecule has 0 aliphatic carbocycles. The van der Waals surface area contributed by atoms with Gasteiger partial charge >= 0.3 is 5.97 Å². The molecule has 4 N–H and O–H groups in total. The summed E-state index contributed by atoms with van der Waals surface area (Å²) in [5.41, 5.74) is 11.6. The van der Waals surface area contributed by atoms with Gasteiger partial charge in [0.25, 0.3) is 0 Å². The molecule has 0 heterocycles. The fourth-order valence-corrected chi connectivity index (χ4v) is 1.16. The number of rotatable bonds is 3. The average molecular weight is 238 g/mol.